The Morgan fingerprint density at radius 3 is 2.29 bits per heavy atom. The second kappa shape index (κ2) is 2.96. The predicted octanol–water partition coefficient (Wildman–Crippen LogP) is 3.22. The van der Waals surface area contributed by atoms with E-state index >= 15 is 0 Å². The summed E-state index contributed by atoms with van der Waals surface area (Å²) < 4.78 is 3.24. The van der Waals surface area contributed by atoms with Crippen LogP contribution in [0.3, 0.4) is 0 Å². The number of hydrogen-bond acceptors (Lipinski definition) is 1. The van der Waals surface area contributed by atoms with E-state index in [1.54, 1.807) is 0 Å². The van der Waals surface area contributed by atoms with Crippen LogP contribution in [0.1, 0.15) is 37.4 Å². The summed E-state index contributed by atoms with van der Waals surface area (Å²) >= 11 is 5.35. The van der Waals surface area contributed by atoms with Crippen molar-refractivity contribution in [2.75, 3.05) is 0 Å². The van der Waals surface area contributed by atoms with E-state index in [9.17, 15) is 0 Å². The molecule has 0 aliphatic heterocycles. The topological polar surface area (TPSA) is 20.7 Å². The van der Waals surface area contributed by atoms with Crippen LogP contribution in [0.4, 0.5) is 0 Å². The number of aryl methyl sites for hydroxylation is 1. The van der Waals surface area contributed by atoms with Crippen LogP contribution < -0.4 is 0 Å². The molecule has 0 saturated heterocycles. The second-order valence-corrected chi connectivity index (χ2v) is 5.20. The molecule has 2 aliphatic rings. The zero-order chi connectivity index (χ0) is 9.71. The van der Waals surface area contributed by atoms with Crippen molar-refractivity contribution in [3.63, 3.8) is 0 Å². The number of rotatable bonds is 3. The second-order valence-electron chi connectivity index (χ2n) is 4.81. The molecule has 2 saturated carbocycles. The smallest absolute Gasteiger partial charge is 0.177 e. The summed E-state index contributed by atoms with van der Waals surface area (Å²) in [5.41, 5.74) is 1.20. The highest BCUT2D eigenvalue weighted by Gasteiger charge is 2.42. The lowest BCUT2D eigenvalue weighted by Gasteiger charge is -2.16. The van der Waals surface area contributed by atoms with Gasteiger partial charge in [0.1, 0.15) is 0 Å². The van der Waals surface area contributed by atoms with Crippen LogP contribution in [0, 0.1) is 23.5 Å². The summed E-state index contributed by atoms with van der Waals surface area (Å²) in [5.74, 6) is 1.84. The van der Waals surface area contributed by atoms with Crippen molar-refractivity contribution in [2.45, 2.75) is 38.6 Å². The molecule has 1 heterocycles. The van der Waals surface area contributed by atoms with Gasteiger partial charge in [-0.1, -0.05) is 0 Å². The summed E-state index contributed by atoms with van der Waals surface area (Å²) in [7, 11) is 0. The molecular formula is C11H16N2S. The van der Waals surface area contributed by atoms with Gasteiger partial charge in [-0.3, -0.25) is 0 Å². The average molecular weight is 208 g/mol. The van der Waals surface area contributed by atoms with E-state index in [1.165, 1.54) is 31.4 Å². The first kappa shape index (κ1) is 8.72. The van der Waals surface area contributed by atoms with Crippen LogP contribution >= 0.6 is 12.2 Å². The van der Waals surface area contributed by atoms with Gasteiger partial charge in [-0.2, -0.15) is 0 Å². The Labute approximate surface area is 89.3 Å². The number of nitrogens with one attached hydrogen (secondary N) is 1. The van der Waals surface area contributed by atoms with Gasteiger partial charge in [0.2, 0.25) is 0 Å². The van der Waals surface area contributed by atoms with E-state index in [-0.39, 0.29) is 0 Å². The lowest BCUT2D eigenvalue weighted by atomic mass is 10.1. The highest BCUT2D eigenvalue weighted by molar-refractivity contribution is 7.71. The molecule has 0 amide bonds. The number of hydrogen-bond donors (Lipinski definition) is 1. The number of H-pyrrole nitrogens is 1. The Bertz CT molecular complexity index is 384. The lowest BCUT2D eigenvalue weighted by Crippen LogP contribution is -2.12. The maximum atomic E-state index is 5.35. The van der Waals surface area contributed by atoms with Crippen molar-refractivity contribution in [1.82, 2.24) is 9.55 Å². The van der Waals surface area contributed by atoms with Gasteiger partial charge in [0.25, 0.3) is 0 Å². The molecule has 1 aromatic heterocycles. The highest BCUT2D eigenvalue weighted by Crippen LogP contribution is 2.52. The van der Waals surface area contributed by atoms with Crippen LogP contribution in [0.15, 0.2) is 6.20 Å². The minimum atomic E-state index is 0.715. The van der Waals surface area contributed by atoms with Crippen molar-refractivity contribution in [2.24, 2.45) is 11.8 Å². The monoisotopic (exact) mass is 208 g/mol. The molecule has 2 nitrogen and oxygen atoms in total. The molecule has 0 atom stereocenters. The Hall–Kier alpha value is -0.570. The van der Waals surface area contributed by atoms with Gasteiger partial charge in [0.05, 0.1) is 0 Å². The fourth-order valence-electron chi connectivity index (χ4n) is 2.47. The first-order valence-electron chi connectivity index (χ1n) is 5.53. The van der Waals surface area contributed by atoms with E-state index in [0.29, 0.717) is 6.04 Å². The van der Waals surface area contributed by atoms with Gasteiger partial charge in [-0.05, 0) is 56.7 Å². The van der Waals surface area contributed by atoms with Crippen molar-refractivity contribution in [3.05, 3.63) is 16.7 Å². The largest absolute Gasteiger partial charge is 0.335 e. The van der Waals surface area contributed by atoms with Crippen LogP contribution in [-0.2, 0) is 0 Å². The number of imidazole rings is 1. The molecule has 14 heavy (non-hydrogen) atoms. The maximum Gasteiger partial charge on any atom is 0.177 e. The number of aromatic nitrogens is 2. The Morgan fingerprint density at radius 2 is 1.93 bits per heavy atom. The van der Waals surface area contributed by atoms with Crippen molar-refractivity contribution >= 4 is 12.2 Å². The van der Waals surface area contributed by atoms with Gasteiger partial charge in [0.15, 0.2) is 4.77 Å². The molecule has 0 spiro atoms. The van der Waals surface area contributed by atoms with E-state index in [2.05, 4.69) is 22.7 Å². The molecule has 1 N–H and O–H groups in total. The van der Waals surface area contributed by atoms with Gasteiger partial charge in [-0.15, -0.1) is 0 Å². The summed E-state index contributed by atoms with van der Waals surface area (Å²) in [6.45, 7) is 2.09. The molecule has 3 heteroatoms. The molecule has 2 aliphatic carbocycles. The predicted molar refractivity (Wildman–Crippen MR) is 58.8 cm³/mol. The first-order valence-corrected chi connectivity index (χ1v) is 5.94. The number of aromatic amines is 1. The quantitative estimate of drug-likeness (QED) is 0.756. The fourth-order valence-corrected chi connectivity index (χ4v) is 2.80. The fraction of sp³-hybridized carbons (Fsp3) is 0.727. The zero-order valence-corrected chi connectivity index (χ0v) is 9.31. The minimum absolute atomic E-state index is 0.715. The van der Waals surface area contributed by atoms with Crippen molar-refractivity contribution in [1.29, 1.82) is 0 Å². The zero-order valence-electron chi connectivity index (χ0n) is 8.49. The van der Waals surface area contributed by atoms with E-state index in [0.717, 1.165) is 16.6 Å². The summed E-state index contributed by atoms with van der Waals surface area (Å²) in [6.07, 6.45) is 7.84. The molecule has 0 unspecified atom stereocenters. The SMILES string of the molecule is Cc1cn(C(C2CC2)C2CC2)c(=S)[nH]1. The molecular weight excluding hydrogens is 192 g/mol. The molecule has 0 bridgehead atoms. The normalized spacial score (nSPS) is 21.9. The lowest BCUT2D eigenvalue weighted by molar-refractivity contribution is 0.390. The van der Waals surface area contributed by atoms with Crippen molar-refractivity contribution < 1.29 is 0 Å². The third kappa shape index (κ3) is 1.44. The Balaban J connectivity index is 1.97. The van der Waals surface area contributed by atoms with Gasteiger partial charge in [0, 0.05) is 17.9 Å². The number of nitrogens with zero attached hydrogens (tertiary/aromatic N) is 1. The van der Waals surface area contributed by atoms with E-state index in [4.69, 9.17) is 12.2 Å². The van der Waals surface area contributed by atoms with Crippen LogP contribution in [0.2, 0.25) is 0 Å². The van der Waals surface area contributed by atoms with Gasteiger partial charge >= 0.3 is 0 Å². The molecule has 0 radical (unpaired) electrons. The third-order valence-electron chi connectivity index (χ3n) is 3.40. The summed E-state index contributed by atoms with van der Waals surface area (Å²) in [6, 6.07) is 0.715. The summed E-state index contributed by atoms with van der Waals surface area (Å²) in [5, 5.41) is 0. The average Bonchev–Trinajstić information content (AvgIpc) is 2.97. The van der Waals surface area contributed by atoms with Crippen LogP contribution in [0.25, 0.3) is 0 Å². The molecule has 2 fully saturated rings. The maximum absolute atomic E-state index is 5.35. The molecule has 3 rings (SSSR count). The van der Waals surface area contributed by atoms with Crippen molar-refractivity contribution in [3.8, 4) is 0 Å². The van der Waals surface area contributed by atoms with Crippen LogP contribution in [-0.4, -0.2) is 9.55 Å². The molecule has 0 aromatic carbocycles. The van der Waals surface area contributed by atoms with Gasteiger partial charge < -0.3 is 9.55 Å². The molecule has 1 aromatic rings. The summed E-state index contributed by atoms with van der Waals surface area (Å²) in [4.78, 5) is 3.23. The third-order valence-corrected chi connectivity index (χ3v) is 3.72. The Morgan fingerprint density at radius 1 is 1.36 bits per heavy atom. The van der Waals surface area contributed by atoms with Gasteiger partial charge in [-0.25, -0.2) is 0 Å². The standard InChI is InChI=1S/C11H16N2S/c1-7-6-13(11(14)12-7)10(8-2-3-8)9-4-5-9/h6,8-10H,2-5H2,1H3,(H,12,14). The van der Waals surface area contributed by atoms with E-state index in [1.807, 2.05) is 0 Å². The first-order chi connectivity index (χ1) is 6.75. The minimum Gasteiger partial charge on any atom is -0.335 e. The van der Waals surface area contributed by atoms with Crippen LogP contribution in [0.5, 0.6) is 0 Å². The Kier molecular flexibility index (Phi) is 1.84. The molecule has 76 valence electrons. The highest BCUT2D eigenvalue weighted by atomic mass is 32.1. The van der Waals surface area contributed by atoms with E-state index < -0.39 is 0 Å².